The van der Waals surface area contributed by atoms with Gasteiger partial charge in [-0.25, -0.2) is 0 Å². The highest BCUT2D eigenvalue weighted by Crippen LogP contribution is 2.39. The minimum Gasteiger partial charge on any atom is -0.309 e. The van der Waals surface area contributed by atoms with E-state index in [1.165, 1.54) is 82.7 Å². The number of hydrogen-bond donors (Lipinski definition) is 0. The Hall–Kier alpha value is -6.38. The zero-order valence-corrected chi connectivity index (χ0v) is 27.6. The van der Waals surface area contributed by atoms with Gasteiger partial charge in [-0.3, -0.25) is 0 Å². The van der Waals surface area contributed by atoms with Crippen LogP contribution in [0.2, 0.25) is 0 Å². The SMILES string of the molecule is C1=CC(c2ccc3c(c2)c2cc(-c4ccc5c(c4)c4ccccc4n5-c4ccccc4)ccc2n3-c2ccc(-c3ccccc3)cc2)=CCC1. The first-order valence-corrected chi connectivity index (χ1v) is 17.5. The van der Waals surface area contributed by atoms with Crippen LogP contribution in [0.5, 0.6) is 0 Å². The van der Waals surface area contributed by atoms with E-state index in [1.807, 2.05) is 0 Å². The summed E-state index contributed by atoms with van der Waals surface area (Å²) >= 11 is 0. The van der Waals surface area contributed by atoms with Gasteiger partial charge in [-0.2, -0.15) is 0 Å². The Kier molecular flexibility index (Phi) is 6.67. The normalized spacial score (nSPS) is 13.1. The van der Waals surface area contributed by atoms with Crippen LogP contribution in [0.15, 0.2) is 182 Å². The van der Waals surface area contributed by atoms with Crippen molar-refractivity contribution in [3.8, 4) is 33.6 Å². The molecule has 50 heavy (non-hydrogen) atoms. The van der Waals surface area contributed by atoms with E-state index in [9.17, 15) is 0 Å². The minimum atomic E-state index is 1.09. The second kappa shape index (κ2) is 11.6. The van der Waals surface area contributed by atoms with E-state index >= 15 is 0 Å². The van der Waals surface area contributed by atoms with Crippen molar-refractivity contribution < 1.29 is 0 Å². The third-order valence-corrected chi connectivity index (χ3v) is 10.3. The highest BCUT2D eigenvalue weighted by atomic mass is 15.0. The molecule has 0 fully saturated rings. The summed E-state index contributed by atoms with van der Waals surface area (Å²) in [5.41, 5.74) is 14.7. The largest absolute Gasteiger partial charge is 0.309 e. The second-order valence-electron chi connectivity index (χ2n) is 13.3. The van der Waals surface area contributed by atoms with Gasteiger partial charge in [0.25, 0.3) is 0 Å². The van der Waals surface area contributed by atoms with Gasteiger partial charge in [0.1, 0.15) is 0 Å². The molecular formula is C48H34N2. The summed E-state index contributed by atoms with van der Waals surface area (Å²) in [7, 11) is 0. The minimum absolute atomic E-state index is 1.09. The monoisotopic (exact) mass is 638 g/mol. The molecule has 0 aliphatic heterocycles. The molecule has 2 aromatic heterocycles. The molecule has 1 aliphatic rings. The van der Waals surface area contributed by atoms with Crippen molar-refractivity contribution in [1.29, 1.82) is 0 Å². The number of para-hydroxylation sites is 2. The Morgan fingerprint density at radius 2 is 0.820 bits per heavy atom. The predicted molar refractivity (Wildman–Crippen MR) is 212 cm³/mol. The van der Waals surface area contributed by atoms with Crippen molar-refractivity contribution in [3.05, 3.63) is 188 Å². The summed E-state index contributed by atoms with van der Waals surface area (Å²) in [6, 6.07) is 60.0. The van der Waals surface area contributed by atoms with Crippen molar-refractivity contribution in [2.75, 3.05) is 0 Å². The zero-order chi connectivity index (χ0) is 33.0. The number of allylic oxidation sites excluding steroid dienone is 4. The summed E-state index contributed by atoms with van der Waals surface area (Å²) in [6.07, 6.45) is 9.14. The van der Waals surface area contributed by atoms with E-state index in [1.54, 1.807) is 0 Å². The van der Waals surface area contributed by atoms with Gasteiger partial charge < -0.3 is 9.13 Å². The molecule has 7 aromatic carbocycles. The lowest BCUT2D eigenvalue weighted by Gasteiger charge is -2.11. The maximum absolute atomic E-state index is 2.43. The maximum atomic E-state index is 2.43. The topological polar surface area (TPSA) is 9.86 Å². The average molecular weight is 639 g/mol. The van der Waals surface area contributed by atoms with Crippen molar-refractivity contribution in [3.63, 3.8) is 0 Å². The molecule has 236 valence electrons. The summed E-state index contributed by atoms with van der Waals surface area (Å²) in [5.74, 6) is 0. The van der Waals surface area contributed by atoms with E-state index in [4.69, 9.17) is 0 Å². The standard InChI is InChI=1S/C48H34N2/c1-4-12-33(13-5-1)35-20-25-40(26-21-35)50-47-27-22-36(34-14-6-2-7-15-34)30-43(47)44-32-38(24-29-48(44)50)37-23-28-46-42(31-37)41-18-10-11-19-45(41)49(46)39-16-8-3-9-17-39/h1,3-6,8-32H,2,7H2. The van der Waals surface area contributed by atoms with Gasteiger partial charge in [0.15, 0.2) is 0 Å². The smallest absolute Gasteiger partial charge is 0.0541 e. The highest BCUT2D eigenvalue weighted by molar-refractivity contribution is 6.13. The lowest BCUT2D eigenvalue weighted by Crippen LogP contribution is -1.94. The van der Waals surface area contributed by atoms with Crippen molar-refractivity contribution in [2.45, 2.75) is 12.8 Å². The van der Waals surface area contributed by atoms with Crippen LogP contribution in [-0.4, -0.2) is 9.13 Å². The van der Waals surface area contributed by atoms with Gasteiger partial charge in [0.2, 0.25) is 0 Å². The summed E-state index contributed by atoms with van der Waals surface area (Å²) in [6.45, 7) is 0. The molecule has 0 unspecified atom stereocenters. The van der Waals surface area contributed by atoms with Crippen LogP contribution in [0.1, 0.15) is 18.4 Å². The molecule has 0 N–H and O–H groups in total. The fraction of sp³-hybridized carbons (Fsp3) is 0.0417. The van der Waals surface area contributed by atoms with Gasteiger partial charge in [0.05, 0.1) is 22.1 Å². The first kappa shape index (κ1) is 28.6. The molecule has 0 bridgehead atoms. The molecule has 0 radical (unpaired) electrons. The number of aromatic nitrogens is 2. The van der Waals surface area contributed by atoms with Crippen LogP contribution in [-0.2, 0) is 0 Å². The average Bonchev–Trinajstić information content (AvgIpc) is 3.71. The summed E-state index contributed by atoms with van der Waals surface area (Å²) in [5, 5.41) is 5.07. The zero-order valence-electron chi connectivity index (χ0n) is 27.6. The Labute approximate surface area is 291 Å². The quantitative estimate of drug-likeness (QED) is 0.178. The van der Waals surface area contributed by atoms with Crippen LogP contribution >= 0.6 is 0 Å². The van der Waals surface area contributed by atoms with E-state index < -0.39 is 0 Å². The van der Waals surface area contributed by atoms with Crippen LogP contribution in [0.3, 0.4) is 0 Å². The third kappa shape index (κ3) is 4.64. The number of rotatable bonds is 5. The summed E-state index contributed by atoms with van der Waals surface area (Å²) in [4.78, 5) is 0. The van der Waals surface area contributed by atoms with Gasteiger partial charge in [-0.05, 0) is 113 Å². The van der Waals surface area contributed by atoms with Gasteiger partial charge in [-0.1, -0.05) is 115 Å². The Morgan fingerprint density at radius 1 is 0.340 bits per heavy atom. The number of nitrogens with zero attached hydrogens (tertiary/aromatic N) is 2. The molecule has 0 amide bonds. The first-order valence-electron chi connectivity index (χ1n) is 17.5. The maximum Gasteiger partial charge on any atom is 0.0541 e. The van der Waals surface area contributed by atoms with Crippen molar-refractivity contribution >= 4 is 49.2 Å². The van der Waals surface area contributed by atoms with E-state index in [2.05, 4.69) is 191 Å². The van der Waals surface area contributed by atoms with Crippen LogP contribution in [0, 0.1) is 0 Å². The Morgan fingerprint density at radius 3 is 1.46 bits per heavy atom. The van der Waals surface area contributed by atoms with Gasteiger partial charge in [0, 0.05) is 32.9 Å². The van der Waals surface area contributed by atoms with Gasteiger partial charge in [-0.15, -0.1) is 0 Å². The molecule has 0 spiro atoms. The predicted octanol–water partition coefficient (Wildman–Crippen LogP) is 12.9. The molecule has 10 rings (SSSR count). The summed E-state index contributed by atoms with van der Waals surface area (Å²) < 4.78 is 4.80. The fourth-order valence-corrected chi connectivity index (χ4v) is 7.93. The van der Waals surface area contributed by atoms with Gasteiger partial charge >= 0.3 is 0 Å². The molecule has 0 atom stereocenters. The molecule has 1 aliphatic carbocycles. The Bertz CT molecular complexity index is 2770. The number of hydrogen-bond acceptors (Lipinski definition) is 0. The fourth-order valence-electron chi connectivity index (χ4n) is 7.93. The number of fused-ring (bicyclic) bond motifs is 6. The van der Waals surface area contributed by atoms with Crippen molar-refractivity contribution in [2.24, 2.45) is 0 Å². The molecular weight excluding hydrogens is 605 g/mol. The van der Waals surface area contributed by atoms with E-state index in [-0.39, 0.29) is 0 Å². The second-order valence-corrected chi connectivity index (χ2v) is 13.3. The Balaban J connectivity index is 1.16. The molecule has 9 aromatic rings. The van der Waals surface area contributed by atoms with Crippen LogP contribution in [0.25, 0.3) is 82.8 Å². The lowest BCUT2D eigenvalue weighted by atomic mass is 9.97. The van der Waals surface area contributed by atoms with E-state index in [0.717, 1.165) is 18.5 Å². The lowest BCUT2D eigenvalue weighted by molar-refractivity contribution is 1.04. The molecule has 2 nitrogen and oxygen atoms in total. The van der Waals surface area contributed by atoms with Crippen LogP contribution < -0.4 is 0 Å². The highest BCUT2D eigenvalue weighted by Gasteiger charge is 2.17. The first-order chi connectivity index (χ1) is 24.8. The molecule has 0 saturated carbocycles. The number of benzene rings is 7. The van der Waals surface area contributed by atoms with E-state index in [0.29, 0.717) is 0 Å². The van der Waals surface area contributed by atoms with Crippen LogP contribution in [0.4, 0.5) is 0 Å². The van der Waals surface area contributed by atoms with Crippen molar-refractivity contribution in [1.82, 2.24) is 9.13 Å². The molecule has 0 saturated heterocycles. The third-order valence-electron chi connectivity index (χ3n) is 10.3. The molecule has 2 heterocycles. The molecule has 2 heteroatoms.